The molecule has 1 aliphatic heterocycles. The van der Waals surface area contributed by atoms with Gasteiger partial charge in [-0.15, -0.1) is 0 Å². The third-order valence-electron chi connectivity index (χ3n) is 5.73. The Balaban J connectivity index is 1.79. The Bertz CT molecular complexity index is 716. The van der Waals surface area contributed by atoms with Crippen LogP contribution < -0.4 is 5.43 Å². The molecule has 23 heavy (non-hydrogen) atoms. The lowest BCUT2D eigenvalue weighted by atomic mass is 9.66. The average Bonchev–Trinajstić information content (AvgIpc) is 2.79. The van der Waals surface area contributed by atoms with E-state index in [1.165, 1.54) is 6.21 Å². The van der Waals surface area contributed by atoms with Crippen molar-refractivity contribution >= 4 is 29.7 Å². The SMILES string of the molecule is CC1(C)[C@]2(C)CC[C@]1(C(=O)N/N=C\c1ccccc1Cl)OC2=O. The quantitative estimate of drug-likeness (QED) is 0.525. The summed E-state index contributed by atoms with van der Waals surface area (Å²) in [4.78, 5) is 24.8. The number of hydrazone groups is 1. The molecule has 1 heterocycles. The number of hydrogen-bond donors (Lipinski definition) is 1. The average molecular weight is 335 g/mol. The first-order chi connectivity index (χ1) is 10.7. The molecule has 0 spiro atoms. The van der Waals surface area contributed by atoms with Gasteiger partial charge in [-0.3, -0.25) is 9.59 Å². The molecule has 2 fully saturated rings. The summed E-state index contributed by atoms with van der Waals surface area (Å²) in [5, 5.41) is 4.52. The number of carbonyl (C=O) groups is 2. The monoisotopic (exact) mass is 334 g/mol. The summed E-state index contributed by atoms with van der Waals surface area (Å²) in [5.74, 6) is -0.695. The Morgan fingerprint density at radius 2 is 2.00 bits per heavy atom. The van der Waals surface area contributed by atoms with Crippen molar-refractivity contribution in [3.8, 4) is 0 Å². The van der Waals surface area contributed by atoms with E-state index in [9.17, 15) is 9.59 Å². The molecule has 2 atom stereocenters. The number of esters is 1. The topological polar surface area (TPSA) is 67.8 Å². The molecule has 2 aliphatic rings. The van der Waals surface area contributed by atoms with Crippen molar-refractivity contribution in [2.75, 3.05) is 0 Å². The number of hydrogen-bond acceptors (Lipinski definition) is 4. The fraction of sp³-hybridized carbons (Fsp3) is 0.471. The van der Waals surface area contributed by atoms with E-state index in [0.29, 0.717) is 23.4 Å². The molecular weight excluding hydrogens is 316 g/mol. The number of ether oxygens (including phenoxy) is 1. The summed E-state index contributed by atoms with van der Waals surface area (Å²) >= 11 is 6.04. The van der Waals surface area contributed by atoms with Crippen LogP contribution in [0.15, 0.2) is 29.4 Å². The van der Waals surface area contributed by atoms with Gasteiger partial charge >= 0.3 is 5.97 Å². The fourth-order valence-corrected chi connectivity index (χ4v) is 3.76. The van der Waals surface area contributed by atoms with Crippen molar-refractivity contribution in [3.05, 3.63) is 34.9 Å². The molecule has 0 aromatic heterocycles. The Labute approximate surface area is 140 Å². The maximum atomic E-state index is 12.7. The van der Waals surface area contributed by atoms with E-state index in [-0.39, 0.29) is 11.9 Å². The highest BCUT2D eigenvalue weighted by Gasteiger charge is 2.75. The van der Waals surface area contributed by atoms with Crippen LogP contribution in [0.1, 0.15) is 39.2 Å². The van der Waals surface area contributed by atoms with E-state index in [1.54, 1.807) is 12.1 Å². The summed E-state index contributed by atoms with van der Waals surface area (Å²) in [7, 11) is 0. The summed E-state index contributed by atoms with van der Waals surface area (Å²) in [6.07, 6.45) is 2.63. The van der Waals surface area contributed by atoms with Gasteiger partial charge in [0.25, 0.3) is 5.91 Å². The highest BCUT2D eigenvalue weighted by Crippen LogP contribution is 2.65. The van der Waals surface area contributed by atoms with Gasteiger partial charge in [0, 0.05) is 16.0 Å². The van der Waals surface area contributed by atoms with Gasteiger partial charge in [0.15, 0.2) is 5.60 Å². The molecule has 0 unspecified atom stereocenters. The predicted molar refractivity (Wildman–Crippen MR) is 87.1 cm³/mol. The van der Waals surface area contributed by atoms with E-state index >= 15 is 0 Å². The van der Waals surface area contributed by atoms with Crippen LogP contribution in [0.25, 0.3) is 0 Å². The van der Waals surface area contributed by atoms with Crippen LogP contribution in [0.3, 0.4) is 0 Å². The van der Waals surface area contributed by atoms with Crippen molar-refractivity contribution < 1.29 is 14.3 Å². The van der Waals surface area contributed by atoms with E-state index in [1.807, 2.05) is 32.9 Å². The number of benzene rings is 1. The maximum absolute atomic E-state index is 12.7. The van der Waals surface area contributed by atoms with Crippen LogP contribution in [-0.2, 0) is 14.3 Å². The van der Waals surface area contributed by atoms with Crippen LogP contribution >= 0.6 is 11.6 Å². The largest absolute Gasteiger partial charge is 0.448 e. The van der Waals surface area contributed by atoms with Gasteiger partial charge in [-0.05, 0) is 25.8 Å². The third-order valence-corrected chi connectivity index (χ3v) is 6.07. The minimum absolute atomic E-state index is 0.306. The molecule has 2 bridgehead atoms. The molecule has 1 aliphatic carbocycles. The highest BCUT2D eigenvalue weighted by atomic mass is 35.5. The molecule has 1 amide bonds. The second kappa shape index (κ2) is 5.06. The molecule has 1 saturated heterocycles. The lowest BCUT2D eigenvalue weighted by molar-refractivity contribution is -0.168. The van der Waals surface area contributed by atoms with E-state index in [4.69, 9.17) is 16.3 Å². The number of nitrogens with zero attached hydrogens (tertiary/aromatic N) is 1. The first-order valence-corrected chi connectivity index (χ1v) is 7.94. The Kier molecular flexibility index (Phi) is 3.52. The minimum atomic E-state index is -1.16. The van der Waals surface area contributed by atoms with E-state index < -0.39 is 16.4 Å². The molecule has 1 aromatic rings. The summed E-state index contributed by atoms with van der Waals surface area (Å²) in [6.45, 7) is 5.68. The minimum Gasteiger partial charge on any atom is -0.448 e. The summed E-state index contributed by atoms with van der Waals surface area (Å²) in [6, 6.07) is 7.19. The van der Waals surface area contributed by atoms with Crippen LogP contribution in [0, 0.1) is 10.8 Å². The second-order valence-corrected chi connectivity index (χ2v) is 7.30. The van der Waals surface area contributed by atoms with Gasteiger partial charge in [0.1, 0.15) is 0 Å². The van der Waals surface area contributed by atoms with Gasteiger partial charge in [0.2, 0.25) is 0 Å². The number of halogens is 1. The lowest BCUT2D eigenvalue weighted by Crippen LogP contribution is -2.52. The second-order valence-electron chi connectivity index (χ2n) is 6.89. The van der Waals surface area contributed by atoms with Crippen LogP contribution in [-0.4, -0.2) is 23.7 Å². The van der Waals surface area contributed by atoms with Gasteiger partial charge in [0.05, 0.1) is 11.6 Å². The highest BCUT2D eigenvalue weighted by molar-refractivity contribution is 6.33. The molecule has 122 valence electrons. The van der Waals surface area contributed by atoms with Crippen molar-refractivity contribution in [2.45, 2.75) is 39.2 Å². The molecule has 5 nitrogen and oxygen atoms in total. The Hall–Kier alpha value is -1.88. The zero-order chi connectivity index (χ0) is 16.9. The number of rotatable bonds is 3. The van der Waals surface area contributed by atoms with Crippen molar-refractivity contribution in [2.24, 2.45) is 15.9 Å². The van der Waals surface area contributed by atoms with Gasteiger partial charge < -0.3 is 4.74 Å². The van der Waals surface area contributed by atoms with Crippen molar-refractivity contribution in [3.63, 3.8) is 0 Å². The molecule has 1 saturated carbocycles. The molecule has 1 N–H and O–H groups in total. The van der Waals surface area contributed by atoms with Crippen LogP contribution in [0.4, 0.5) is 0 Å². The zero-order valence-electron chi connectivity index (χ0n) is 13.4. The first-order valence-electron chi connectivity index (χ1n) is 7.56. The van der Waals surface area contributed by atoms with Crippen LogP contribution in [0.2, 0.25) is 5.02 Å². The predicted octanol–water partition coefficient (Wildman–Crippen LogP) is 2.91. The molecule has 0 radical (unpaired) electrons. The number of fused-ring (bicyclic) bond motifs is 2. The zero-order valence-corrected chi connectivity index (χ0v) is 14.1. The smallest absolute Gasteiger partial charge is 0.313 e. The van der Waals surface area contributed by atoms with Gasteiger partial charge in [-0.25, -0.2) is 5.43 Å². The normalized spacial score (nSPS) is 31.4. The molecular formula is C17H19ClN2O3. The molecule has 6 heteroatoms. The summed E-state index contributed by atoms with van der Waals surface area (Å²) < 4.78 is 5.50. The number of nitrogens with one attached hydrogen (secondary N) is 1. The maximum Gasteiger partial charge on any atom is 0.313 e. The fourth-order valence-electron chi connectivity index (χ4n) is 3.58. The van der Waals surface area contributed by atoms with Crippen LogP contribution in [0.5, 0.6) is 0 Å². The number of carbonyl (C=O) groups excluding carboxylic acids is 2. The van der Waals surface area contributed by atoms with E-state index in [0.717, 1.165) is 0 Å². The Morgan fingerprint density at radius 1 is 1.30 bits per heavy atom. The van der Waals surface area contributed by atoms with Crippen molar-refractivity contribution in [1.29, 1.82) is 0 Å². The lowest BCUT2D eigenvalue weighted by Gasteiger charge is -2.34. The molecule has 1 aromatic carbocycles. The van der Waals surface area contributed by atoms with Gasteiger partial charge in [-0.2, -0.15) is 5.10 Å². The Morgan fingerprint density at radius 3 is 2.57 bits per heavy atom. The third kappa shape index (κ3) is 2.02. The van der Waals surface area contributed by atoms with Gasteiger partial charge in [-0.1, -0.05) is 43.6 Å². The van der Waals surface area contributed by atoms with E-state index in [2.05, 4.69) is 10.5 Å². The summed E-state index contributed by atoms with van der Waals surface area (Å²) in [5.41, 5.74) is 0.840. The number of amides is 1. The van der Waals surface area contributed by atoms with Crippen molar-refractivity contribution in [1.82, 2.24) is 5.43 Å². The first kappa shape index (κ1) is 16.0. The molecule has 3 rings (SSSR count). The standard InChI is InChI=1S/C17H19ClN2O3/c1-15(2)16(3)8-9-17(15,23-14(16)22)13(21)20-19-10-11-6-4-5-7-12(11)18/h4-7,10H,8-9H2,1-3H3,(H,20,21)/b19-10-/t16-,17-/m1/s1.